The van der Waals surface area contributed by atoms with Crippen LogP contribution in [0.2, 0.25) is 10.0 Å². The highest BCUT2D eigenvalue weighted by Crippen LogP contribution is 2.40. The van der Waals surface area contributed by atoms with Crippen LogP contribution in [0.25, 0.3) is 5.69 Å². The maximum Gasteiger partial charge on any atom is 0.347 e. The van der Waals surface area contributed by atoms with E-state index in [0.29, 0.717) is 27.0 Å². The minimum Gasteiger partial charge on any atom is -0.491 e. The third-order valence-electron chi connectivity index (χ3n) is 5.14. The van der Waals surface area contributed by atoms with E-state index in [4.69, 9.17) is 37.4 Å². The zero-order chi connectivity index (χ0) is 22.8. The van der Waals surface area contributed by atoms with Crippen molar-refractivity contribution in [3.8, 4) is 11.4 Å². The molecule has 0 bridgehead atoms. The number of nitrogens with zero attached hydrogens (tertiary/aromatic N) is 5. The first-order valence-electron chi connectivity index (χ1n) is 9.97. The number of rotatable bonds is 7. The molecule has 1 aliphatic rings. The summed E-state index contributed by atoms with van der Waals surface area (Å²) in [6, 6.07) is 12.2. The van der Waals surface area contributed by atoms with E-state index in [1.807, 2.05) is 0 Å². The summed E-state index contributed by atoms with van der Waals surface area (Å²) in [5.41, 5.74) is 0.997. The predicted octanol–water partition coefficient (Wildman–Crippen LogP) is 2.81. The van der Waals surface area contributed by atoms with Gasteiger partial charge in [-0.1, -0.05) is 29.3 Å². The predicted molar refractivity (Wildman–Crippen MR) is 119 cm³/mol. The van der Waals surface area contributed by atoms with Gasteiger partial charge in [0.2, 0.25) is 5.79 Å². The van der Waals surface area contributed by atoms with E-state index >= 15 is 0 Å². The largest absolute Gasteiger partial charge is 0.491 e. The Balaban J connectivity index is 1.30. The van der Waals surface area contributed by atoms with E-state index in [1.165, 1.54) is 17.2 Å². The first-order chi connectivity index (χ1) is 16.0. The molecule has 0 amide bonds. The van der Waals surface area contributed by atoms with Gasteiger partial charge in [0.25, 0.3) is 0 Å². The van der Waals surface area contributed by atoms with Gasteiger partial charge >= 0.3 is 5.69 Å². The summed E-state index contributed by atoms with van der Waals surface area (Å²) in [4.78, 5) is 15.7. The number of nitrogens with one attached hydrogen (secondary N) is 1. The molecule has 2 unspecified atom stereocenters. The van der Waals surface area contributed by atoms with Gasteiger partial charge in [-0.2, -0.15) is 10.2 Å². The molecule has 5 rings (SSSR count). The van der Waals surface area contributed by atoms with Crippen molar-refractivity contribution in [3.63, 3.8) is 0 Å². The number of hydrogen-bond donors (Lipinski definition) is 1. The molecule has 10 nitrogen and oxygen atoms in total. The molecule has 1 aliphatic heterocycles. The van der Waals surface area contributed by atoms with Crippen LogP contribution in [0.1, 0.15) is 5.56 Å². The molecule has 2 aromatic heterocycles. The van der Waals surface area contributed by atoms with Gasteiger partial charge < -0.3 is 14.2 Å². The summed E-state index contributed by atoms with van der Waals surface area (Å²) in [7, 11) is 0. The van der Waals surface area contributed by atoms with Crippen molar-refractivity contribution >= 4 is 23.2 Å². The summed E-state index contributed by atoms with van der Waals surface area (Å²) >= 11 is 12.5. The number of H-pyrrole nitrogens is 1. The van der Waals surface area contributed by atoms with Crippen LogP contribution in [0.3, 0.4) is 0 Å². The molecule has 2 aromatic carbocycles. The molecule has 12 heteroatoms. The first-order valence-corrected chi connectivity index (χ1v) is 10.7. The number of ether oxygens (including phenoxy) is 3. The molecule has 3 heterocycles. The lowest BCUT2D eigenvalue weighted by Gasteiger charge is -2.29. The minimum atomic E-state index is -1.17. The molecule has 0 aliphatic carbocycles. The molecule has 1 fully saturated rings. The van der Waals surface area contributed by atoms with E-state index < -0.39 is 5.79 Å². The summed E-state index contributed by atoms with van der Waals surface area (Å²) in [6.45, 7) is 0.782. The van der Waals surface area contributed by atoms with Crippen molar-refractivity contribution in [1.82, 2.24) is 29.5 Å². The number of aromatic nitrogens is 6. The van der Waals surface area contributed by atoms with Crippen molar-refractivity contribution in [2.75, 3.05) is 13.2 Å². The van der Waals surface area contributed by atoms with Crippen LogP contribution in [-0.4, -0.2) is 48.8 Å². The van der Waals surface area contributed by atoms with Gasteiger partial charge in [0.1, 0.15) is 44.0 Å². The van der Waals surface area contributed by atoms with Crippen LogP contribution < -0.4 is 10.4 Å². The second-order valence-corrected chi connectivity index (χ2v) is 8.20. The van der Waals surface area contributed by atoms with Gasteiger partial charge in [-0.3, -0.25) is 0 Å². The maximum atomic E-state index is 11.7. The monoisotopic (exact) mass is 488 g/mol. The highest BCUT2D eigenvalue weighted by atomic mass is 35.5. The summed E-state index contributed by atoms with van der Waals surface area (Å²) < 4.78 is 21.4. The minimum absolute atomic E-state index is 0.245. The number of hydrogen-bond acceptors (Lipinski definition) is 7. The zero-order valence-electron chi connectivity index (χ0n) is 17.1. The Bertz CT molecular complexity index is 1290. The number of aromatic amines is 1. The smallest absolute Gasteiger partial charge is 0.347 e. The molecule has 2 atom stereocenters. The highest BCUT2D eigenvalue weighted by molar-refractivity contribution is 6.35. The topological polar surface area (TPSA) is 109 Å². The lowest BCUT2D eigenvalue weighted by atomic mass is 10.1. The summed E-state index contributed by atoms with van der Waals surface area (Å²) in [5, 5.41) is 11.2. The third kappa shape index (κ3) is 4.51. The molecule has 4 aromatic rings. The Kier molecular flexibility index (Phi) is 5.90. The molecular formula is C21H18Cl2N6O4. The molecule has 0 spiro atoms. The lowest BCUT2D eigenvalue weighted by Crippen LogP contribution is -2.35. The van der Waals surface area contributed by atoms with E-state index in [1.54, 1.807) is 53.5 Å². The fourth-order valence-electron chi connectivity index (χ4n) is 3.61. The van der Waals surface area contributed by atoms with Crippen LogP contribution >= 0.6 is 23.2 Å². The number of benzene rings is 2. The highest BCUT2D eigenvalue weighted by Gasteiger charge is 2.45. The van der Waals surface area contributed by atoms with Crippen molar-refractivity contribution in [3.05, 3.63) is 87.5 Å². The quantitative estimate of drug-likeness (QED) is 0.425. The van der Waals surface area contributed by atoms with Crippen LogP contribution in [0, 0.1) is 0 Å². The van der Waals surface area contributed by atoms with Gasteiger partial charge in [-0.15, -0.1) is 0 Å². The first kappa shape index (κ1) is 21.7. The van der Waals surface area contributed by atoms with Crippen LogP contribution in [-0.2, 0) is 21.8 Å². The Morgan fingerprint density at radius 3 is 2.73 bits per heavy atom. The van der Waals surface area contributed by atoms with Gasteiger partial charge in [0.15, 0.2) is 0 Å². The molecule has 1 N–H and O–H groups in total. The van der Waals surface area contributed by atoms with Gasteiger partial charge in [-0.05, 0) is 36.4 Å². The lowest BCUT2D eigenvalue weighted by molar-refractivity contribution is -0.190. The Labute approximate surface area is 197 Å². The average Bonchev–Trinajstić information content (AvgIpc) is 3.55. The van der Waals surface area contributed by atoms with E-state index in [9.17, 15) is 4.79 Å². The van der Waals surface area contributed by atoms with Crippen molar-refractivity contribution in [2.45, 2.75) is 18.4 Å². The van der Waals surface area contributed by atoms with Crippen molar-refractivity contribution in [1.29, 1.82) is 0 Å². The Hall–Kier alpha value is -3.18. The maximum absolute atomic E-state index is 11.7. The average molecular weight is 489 g/mol. The standard InChI is InChI=1S/C21H18Cl2N6O4/c22-14-1-6-18(19(23)7-14)21(10-28-12-24-11-26-28)32-9-17(33-21)8-31-16-4-2-15(3-5-16)29-13-25-27-20(29)30/h1-7,11-13,17H,8-10H2,(H,27,30). The van der Waals surface area contributed by atoms with E-state index in [-0.39, 0.29) is 31.6 Å². The Morgan fingerprint density at radius 1 is 1.18 bits per heavy atom. The van der Waals surface area contributed by atoms with Crippen LogP contribution in [0.4, 0.5) is 0 Å². The second-order valence-electron chi connectivity index (χ2n) is 7.36. The fourth-order valence-corrected chi connectivity index (χ4v) is 4.16. The zero-order valence-corrected chi connectivity index (χ0v) is 18.6. The Morgan fingerprint density at radius 2 is 2.03 bits per heavy atom. The van der Waals surface area contributed by atoms with Crippen molar-refractivity contribution in [2.24, 2.45) is 0 Å². The van der Waals surface area contributed by atoms with Crippen LogP contribution in [0.5, 0.6) is 5.75 Å². The van der Waals surface area contributed by atoms with Crippen LogP contribution in [0.15, 0.2) is 66.2 Å². The molecule has 0 saturated carbocycles. The van der Waals surface area contributed by atoms with E-state index in [2.05, 4.69) is 20.3 Å². The second kappa shape index (κ2) is 8.99. The molecule has 0 radical (unpaired) electrons. The SMILES string of the molecule is O=c1[nH]ncn1-c1ccc(OCC2COC(Cn3cncn3)(c3ccc(Cl)cc3Cl)O2)cc1. The molecule has 1 saturated heterocycles. The fraction of sp³-hybridized carbons (Fsp3) is 0.238. The molecular weight excluding hydrogens is 471 g/mol. The normalized spacial score (nSPS) is 20.2. The molecule has 170 valence electrons. The third-order valence-corrected chi connectivity index (χ3v) is 5.69. The van der Waals surface area contributed by atoms with Crippen molar-refractivity contribution < 1.29 is 14.2 Å². The van der Waals surface area contributed by atoms with E-state index in [0.717, 1.165) is 0 Å². The summed E-state index contributed by atoms with van der Waals surface area (Å²) in [6.07, 6.45) is 4.07. The number of halogens is 2. The summed E-state index contributed by atoms with van der Waals surface area (Å²) in [5.74, 6) is -0.549. The van der Waals surface area contributed by atoms with Gasteiger partial charge in [-0.25, -0.2) is 24.1 Å². The van der Waals surface area contributed by atoms with Gasteiger partial charge in [0, 0.05) is 10.6 Å². The van der Waals surface area contributed by atoms with Gasteiger partial charge in [0.05, 0.1) is 17.3 Å². The molecule has 33 heavy (non-hydrogen) atoms.